The zero-order valence-electron chi connectivity index (χ0n) is 15.0. The van der Waals surface area contributed by atoms with Crippen LogP contribution in [0.2, 0.25) is 0 Å². The van der Waals surface area contributed by atoms with E-state index in [9.17, 15) is 9.59 Å². The lowest BCUT2D eigenvalue weighted by molar-refractivity contribution is 0.0691. The van der Waals surface area contributed by atoms with Gasteiger partial charge in [0.1, 0.15) is 11.4 Å². The van der Waals surface area contributed by atoms with Gasteiger partial charge in [0, 0.05) is 25.3 Å². The molecule has 0 N–H and O–H groups in total. The number of fused-ring (bicyclic) bond motifs is 1. The standard InChI is InChI=1S/C21H23N3O2/c1-15-9-12-23(13-10-15)20(25)17-6-4-7-18(22-17)21(26)24-14-11-16-5-2-3-8-19(16)24/h2-8,15H,9-14H2,1H3. The van der Waals surface area contributed by atoms with Gasteiger partial charge in [-0.05, 0) is 48.9 Å². The third-order valence-electron chi connectivity index (χ3n) is 5.39. The van der Waals surface area contributed by atoms with Crippen LogP contribution in [0.3, 0.4) is 0 Å². The van der Waals surface area contributed by atoms with Crippen molar-refractivity contribution in [2.75, 3.05) is 24.5 Å². The van der Waals surface area contributed by atoms with E-state index in [4.69, 9.17) is 0 Å². The molecule has 134 valence electrons. The second kappa shape index (κ2) is 6.90. The van der Waals surface area contributed by atoms with Crippen LogP contribution in [0.1, 0.15) is 46.3 Å². The number of hydrogen-bond acceptors (Lipinski definition) is 3. The van der Waals surface area contributed by atoms with Gasteiger partial charge in [0.05, 0.1) is 0 Å². The highest BCUT2D eigenvalue weighted by atomic mass is 16.2. The largest absolute Gasteiger partial charge is 0.337 e. The average Bonchev–Trinajstić information content (AvgIpc) is 3.12. The van der Waals surface area contributed by atoms with Gasteiger partial charge in [-0.25, -0.2) is 4.98 Å². The molecule has 0 spiro atoms. The van der Waals surface area contributed by atoms with Crippen LogP contribution in [0.15, 0.2) is 42.5 Å². The van der Waals surface area contributed by atoms with Crippen molar-refractivity contribution in [2.45, 2.75) is 26.2 Å². The van der Waals surface area contributed by atoms with Crippen molar-refractivity contribution < 1.29 is 9.59 Å². The average molecular weight is 349 g/mol. The Kier molecular flexibility index (Phi) is 4.45. The molecule has 0 aliphatic carbocycles. The van der Waals surface area contributed by atoms with E-state index < -0.39 is 0 Å². The van der Waals surface area contributed by atoms with Gasteiger partial charge >= 0.3 is 0 Å². The molecule has 3 heterocycles. The third kappa shape index (κ3) is 3.09. The zero-order valence-corrected chi connectivity index (χ0v) is 15.0. The summed E-state index contributed by atoms with van der Waals surface area (Å²) in [6.45, 7) is 4.40. The first-order valence-corrected chi connectivity index (χ1v) is 9.29. The number of pyridine rings is 1. The summed E-state index contributed by atoms with van der Waals surface area (Å²) in [6.07, 6.45) is 2.90. The number of piperidine rings is 1. The molecular weight excluding hydrogens is 326 g/mol. The summed E-state index contributed by atoms with van der Waals surface area (Å²) in [5, 5.41) is 0. The summed E-state index contributed by atoms with van der Waals surface area (Å²) in [6, 6.07) is 13.1. The van der Waals surface area contributed by atoms with E-state index >= 15 is 0 Å². The number of para-hydroxylation sites is 1. The Morgan fingerprint density at radius 3 is 2.38 bits per heavy atom. The van der Waals surface area contributed by atoms with Gasteiger partial charge in [0.2, 0.25) is 0 Å². The van der Waals surface area contributed by atoms with E-state index in [-0.39, 0.29) is 11.8 Å². The van der Waals surface area contributed by atoms with E-state index in [0.29, 0.717) is 23.9 Å². The lowest BCUT2D eigenvalue weighted by Gasteiger charge is -2.30. The first-order chi connectivity index (χ1) is 12.6. The maximum atomic E-state index is 12.9. The van der Waals surface area contributed by atoms with Crippen molar-refractivity contribution in [2.24, 2.45) is 5.92 Å². The molecule has 1 aromatic carbocycles. The Hall–Kier alpha value is -2.69. The van der Waals surface area contributed by atoms with Crippen LogP contribution >= 0.6 is 0 Å². The Bertz CT molecular complexity index is 841. The minimum Gasteiger partial charge on any atom is -0.337 e. The summed E-state index contributed by atoms with van der Waals surface area (Å²) >= 11 is 0. The molecule has 0 atom stereocenters. The minimum atomic E-state index is -0.142. The van der Waals surface area contributed by atoms with Gasteiger partial charge in [0.15, 0.2) is 0 Å². The highest BCUT2D eigenvalue weighted by Gasteiger charge is 2.27. The van der Waals surface area contributed by atoms with E-state index in [1.165, 1.54) is 5.56 Å². The van der Waals surface area contributed by atoms with Crippen molar-refractivity contribution in [3.8, 4) is 0 Å². The van der Waals surface area contributed by atoms with Gasteiger partial charge in [0.25, 0.3) is 11.8 Å². The predicted molar refractivity (Wildman–Crippen MR) is 100 cm³/mol. The number of carbonyl (C=O) groups is 2. The number of aromatic nitrogens is 1. The lowest BCUT2D eigenvalue weighted by atomic mass is 9.99. The molecule has 5 heteroatoms. The van der Waals surface area contributed by atoms with Crippen LogP contribution in [0.4, 0.5) is 5.69 Å². The molecule has 0 unspecified atom stereocenters. The molecule has 2 aliphatic rings. The topological polar surface area (TPSA) is 53.5 Å². The van der Waals surface area contributed by atoms with Crippen LogP contribution in [-0.4, -0.2) is 41.3 Å². The molecule has 1 aromatic heterocycles. The fourth-order valence-corrected chi connectivity index (χ4v) is 3.73. The number of benzene rings is 1. The molecule has 0 radical (unpaired) electrons. The smallest absolute Gasteiger partial charge is 0.276 e. The molecule has 2 amide bonds. The van der Waals surface area contributed by atoms with Crippen LogP contribution in [-0.2, 0) is 6.42 Å². The second-order valence-corrected chi connectivity index (χ2v) is 7.22. The van der Waals surface area contributed by atoms with Crippen molar-refractivity contribution in [1.82, 2.24) is 9.88 Å². The Labute approximate surface area is 153 Å². The number of hydrogen-bond donors (Lipinski definition) is 0. The van der Waals surface area contributed by atoms with Gasteiger partial charge in [-0.3, -0.25) is 9.59 Å². The highest BCUT2D eigenvalue weighted by Crippen LogP contribution is 2.28. The van der Waals surface area contributed by atoms with Crippen LogP contribution in [0.25, 0.3) is 0 Å². The predicted octanol–water partition coefficient (Wildman–Crippen LogP) is 3.16. The number of carbonyl (C=O) groups excluding carboxylic acids is 2. The summed E-state index contributed by atoms with van der Waals surface area (Å²) in [5.74, 6) is 0.445. The number of nitrogens with zero attached hydrogens (tertiary/aromatic N) is 3. The molecule has 1 saturated heterocycles. The number of anilines is 1. The van der Waals surface area contributed by atoms with E-state index in [2.05, 4.69) is 11.9 Å². The van der Waals surface area contributed by atoms with Gasteiger partial charge in [-0.15, -0.1) is 0 Å². The molecule has 1 fully saturated rings. The Morgan fingerprint density at radius 2 is 1.62 bits per heavy atom. The highest BCUT2D eigenvalue weighted by molar-refractivity contribution is 6.06. The van der Waals surface area contributed by atoms with Crippen molar-refractivity contribution in [1.29, 1.82) is 0 Å². The van der Waals surface area contributed by atoms with Gasteiger partial charge in [-0.2, -0.15) is 0 Å². The molecule has 26 heavy (non-hydrogen) atoms. The number of likely N-dealkylation sites (tertiary alicyclic amines) is 1. The molecular formula is C21H23N3O2. The maximum Gasteiger partial charge on any atom is 0.276 e. The van der Waals surface area contributed by atoms with Crippen molar-refractivity contribution in [3.63, 3.8) is 0 Å². The number of amides is 2. The lowest BCUT2D eigenvalue weighted by Crippen LogP contribution is -2.38. The van der Waals surface area contributed by atoms with Crippen LogP contribution in [0, 0.1) is 5.92 Å². The van der Waals surface area contributed by atoms with Gasteiger partial charge < -0.3 is 9.80 Å². The fraction of sp³-hybridized carbons (Fsp3) is 0.381. The molecule has 4 rings (SSSR count). The Morgan fingerprint density at radius 1 is 0.923 bits per heavy atom. The first kappa shape index (κ1) is 16.8. The van der Waals surface area contributed by atoms with E-state index in [1.807, 2.05) is 29.2 Å². The van der Waals surface area contributed by atoms with E-state index in [0.717, 1.165) is 38.0 Å². The normalized spacial score (nSPS) is 17.3. The molecule has 0 saturated carbocycles. The summed E-state index contributed by atoms with van der Waals surface area (Å²) in [5.41, 5.74) is 2.81. The van der Waals surface area contributed by atoms with Crippen molar-refractivity contribution in [3.05, 3.63) is 59.4 Å². The van der Waals surface area contributed by atoms with E-state index in [1.54, 1.807) is 23.1 Å². The third-order valence-corrected chi connectivity index (χ3v) is 5.39. The summed E-state index contributed by atoms with van der Waals surface area (Å²) in [7, 11) is 0. The molecule has 2 aromatic rings. The Balaban J connectivity index is 1.54. The summed E-state index contributed by atoms with van der Waals surface area (Å²) in [4.78, 5) is 33.7. The second-order valence-electron chi connectivity index (χ2n) is 7.22. The SMILES string of the molecule is CC1CCN(C(=O)c2cccc(C(=O)N3CCc4ccccc43)n2)CC1. The minimum absolute atomic E-state index is 0.0756. The van der Waals surface area contributed by atoms with Gasteiger partial charge in [-0.1, -0.05) is 31.2 Å². The molecule has 2 aliphatic heterocycles. The summed E-state index contributed by atoms with van der Waals surface area (Å²) < 4.78 is 0. The zero-order chi connectivity index (χ0) is 18.1. The molecule has 0 bridgehead atoms. The monoisotopic (exact) mass is 349 g/mol. The first-order valence-electron chi connectivity index (χ1n) is 9.29. The quantitative estimate of drug-likeness (QED) is 0.837. The maximum absolute atomic E-state index is 12.9. The van der Waals surface area contributed by atoms with Crippen molar-refractivity contribution >= 4 is 17.5 Å². The van der Waals surface area contributed by atoms with Crippen LogP contribution < -0.4 is 4.90 Å². The number of rotatable bonds is 2. The fourth-order valence-electron chi connectivity index (χ4n) is 3.73. The van der Waals surface area contributed by atoms with Crippen LogP contribution in [0.5, 0.6) is 0 Å². The molecule has 5 nitrogen and oxygen atoms in total.